The topological polar surface area (TPSA) is 81.2 Å². The molecule has 0 heterocycles. The minimum atomic E-state index is -0.629. The Kier molecular flexibility index (Phi) is 3.21. The number of hydrogen-bond donors (Lipinski definition) is 2. The molecular weight excluding hydrogens is 237 g/mol. The molecule has 1 aromatic rings. The molecule has 1 fully saturated rings. The summed E-state index contributed by atoms with van der Waals surface area (Å²) < 4.78 is 13.6. The molecule has 18 heavy (non-hydrogen) atoms. The van der Waals surface area contributed by atoms with Crippen LogP contribution in [0.25, 0.3) is 0 Å². The average Bonchev–Trinajstić information content (AvgIpc) is 3.11. The molecule has 1 aromatic carbocycles. The number of hydrogen-bond acceptors (Lipinski definition) is 4. The van der Waals surface area contributed by atoms with E-state index in [1.807, 2.05) is 6.92 Å². The third-order valence-electron chi connectivity index (χ3n) is 3.33. The highest BCUT2D eigenvalue weighted by atomic mass is 19.1. The Hall–Kier alpha value is -1.69. The van der Waals surface area contributed by atoms with Crippen LogP contribution in [-0.4, -0.2) is 17.0 Å². The maximum absolute atomic E-state index is 13.6. The van der Waals surface area contributed by atoms with Gasteiger partial charge in [-0.25, -0.2) is 4.39 Å². The summed E-state index contributed by atoms with van der Waals surface area (Å²) in [6.07, 6.45) is 2.22. The predicted molar refractivity (Wildman–Crippen MR) is 66.9 cm³/mol. The van der Waals surface area contributed by atoms with Gasteiger partial charge in [-0.15, -0.1) is 0 Å². The molecule has 6 heteroatoms. The highest BCUT2D eigenvalue weighted by Crippen LogP contribution is 2.38. The first-order chi connectivity index (χ1) is 8.40. The Labute approximate surface area is 104 Å². The molecule has 0 bridgehead atoms. The van der Waals surface area contributed by atoms with Gasteiger partial charge >= 0.3 is 0 Å². The largest absolute Gasteiger partial charge is 0.381 e. The zero-order chi connectivity index (χ0) is 13.3. The van der Waals surface area contributed by atoms with E-state index in [-0.39, 0.29) is 16.9 Å². The molecule has 0 aromatic heterocycles. The summed E-state index contributed by atoms with van der Waals surface area (Å²) in [6.45, 7) is 2.38. The van der Waals surface area contributed by atoms with E-state index in [4.69, 9.17) is 5.73 Å². The molecular formula is C12H16FN3O2. The van der Waals surface area contributed by atoms with Crippen molar-refractivity contribution in [2.24, 2.45) is 11.7 Å². The van der Waals surface area contributed by atoms with Crippen molar-refractivity contribution in [3.63, 3.8) is 0 Å². The number of nitro groups is 1. The molecule has 0 amide bonds. The summed E-state index contributed by atoms with van der Waals surface area (Å²) in [5.74, 6) is -0.151. The molecule has 0 spiro atoms. The van der Waals surface area contributed by atoms with Gasteiger partial charge in [-0.1, -0.05) is 0 Å². The van der Waals surface area contributed by atoms with Crippen LogP contribution in [0.3, 0.4) is 0 Å². The van der Waals surface area contributed by atoms with Crippen molar-refractivity contribution in [2.45, 2.75) is 25.3 Å². The van der Waals surface area contributed by atoms with Crippen molar-refractivity contribution >= 4 is 11.4 Å². The summed E-state index contributed by atoms with van der Waals surface area (Å²) in [5.41, 5.74) is 5.73. The van der Waals surface area contributed by atoms with Gasteiger partial charge in [-0.3, -0.25) is 10.1 Å². The second kappa shape index (κ2) is 4.53. The van der Waals surface area contributed by atoms with Crippen molar-refractivity contribution in [3.05, 3.63) is 34.1 Å². The Balaban J connectivity index is 2.03. The zero-order valence-corrected chi connectivity index (χ0v) is 10.1. The van der Waals surface area contributed by atoms with E-state index in [9.17, 15) is 14.5 Å². The monoisotopic (exact) mass is 253 g/mol. The second-order valence-corrected chi connectivity index (χ2v) is 5.05. The van der Waals surface area contributed by atoms with Crippen LogP contribution in [0.4, 0.5) is 15.8 Å². The number of nitrogens with one attached hydrogen (secondary N) is 1. The first-order valence-corrected chi connectivity index (χ1v) is 5.87. The van der Waals surface area contributed by atoms with Gasteiger partial charge < -0.3 is 11.1 Å². The number of benzene rings is 1. The van der Waals surface area contributed by atoms with E-state index in [0.717, 1.165) is 18.9 Å². The highest BCUT2D eigenvalue weighted by Gasteiger charge is 2.38. The normalized spacial score (nSPS) is 18.2. The van der Waals surface area contributed by atoms with E-state index in [2.05, 4.69) is 5.32 Å². The quantitative estimate of drug-likeness (QED) is 0.623. The molecule has 0 saturated heterocycles. The molecule has 1 aliphatic carbocycles. The first-order valence-electron chi connectivity index (χ1n) is 5.87. The second-order valence-electron chi connectivity index (χ2n) is 5.05. The Morgan fingerprint density at radius 2 is 2.28 bits per heavy atom. The van der Waals surface area contributed by atoms with Crippen LogP contribution in [-0.2, 0) is 0 Å². The maximum Gasteiger partial charge on any atom is 0.272 e. The number of anilines is 1. The summed E-state index contributed by atoms with van der Waals surface area (Å²) in [4.78, 5) is 9.86. The lowest BCUT2D eigenvalue weighted by Gasteiger charge is -2.25. The number of nitro benzene ring substituents is 1. The highest BCUT2D eigenvalue weighted by molar-refractivity contribution is 5.50. The standard InChI is InChI=1S/C12H16FN3O2/c1-12(14,8-2-3-8)7-15-11-5-4-9(16(17)18)6-10(11)13/h4-6,8,15H,2-3,7,14H2,1H3/t12-/m0/s1. The fourth-order valence-electron chi connectivity index (χ4n) is 1.93. The first kappa shape index (κ1) is 12.8. The van der Waals surface area contributed by atoms with Gasteiger partial charge in [0.2, 0.25) is 0 Å². The number of non-ortho nitro benzene ring substituents is 1. The molecule has 3 N–H and O–H groups in total. The molecule has 0 unspecified atom stereocenters. The number of halogens is 1. The SMILES string of the molecule is C[C@](N)(CNc1ccc([N+](=O)[O-])cc1F)C1CC1. The molecule has 0 radical (unpaired) electrons. The molecule has 98 valence electrons. The fourth-order valence-corrected chi connectivity index (χ4v) is 1.93. The summed E-state index contributed by atoms with van der Waals surface area (Å²) in [7, 11) is 0. The van der Waals surface area contributed by atoms with E-state index >= 15 is 0 Å². The van der Waals surface area contributed by atoms with Crippen molar-refractivity contribution in [3.8, 4) is 0 Å². The van der Waals surface area contributed by atoms with Gasteiger partial charge in [0.15, 0.2) is 5.82 Å². The van der Waals surface area contributed by atoms with E-state index in [0.29, 0.717) is 12.5 Å². The molecule has 1 aliphatic rings. The Morgan fingerprint density at radius 1 is 1.61 bits per heavy atom. The van der Waals surface area contributed by atoms with E-state index in [1.54, 1.807) is 0 Å². The smallest absolute Gasteiger partial charge is 0.272 e. The predicted octanol–water partition coefficient (Wildman–Crippen LogP) is 2.27. The van der Waals surface area contributed by atoms with Gasteiger partial charge in [0.25, 0.3) is 5.69 Å². The van der Waals surface area contributed by atoms with Gasteiger partial charge in [-0.05, 0) is 31.7 Å². The van der Waals surface area contributed by atoms with Crippen LogP contribution >= 0.6 is 0 Å². The third kappa shape index (κ3) is 2.76. The van der Waals surface area contributed by atoms with E-state index < -0.39 is 10.7 Å². The molecule has 0 aliphatic heterocycles. The molecule has 2 rings (SSSR count). The third-order valence-corrected chi connectivity index (χ3v) is 3.33. The minimum absolute atomic E-state index is 0.248. The van der Waals surface area contributed by atoms with Crippen molar-refractivity contribution in [1.82, 2.24) is 0 Å². The number of nitrogens with two attached hydrogens (primary N) is 1. The summed E-state index contributed by atoms with van der Waals surface area (Å²) >= 11 is 0. The van der Waals surface area contributed by atoms with Gasteiger partial charge in [0, 0.05) is 18.2 Å². The van der Waals surface area contributed by atoms with Crippen LogP contribution in [0.15, 0.2) is 18.2 Å². The molecule has 5 nitrogen and oxygen atoms in total. The minimum Gasteiger partial charge on any atom is -0.381 e. The van der Waals surface area contributed by atoms with Crippen LogP contribution in [0.5, 0.6) is 0 Å². The van der Waals surface area contributed by atoms with Crippen molar-refractivity contribution in [2.75, 3.05) is 11.9 Å². The number of rotatable bonds is 5. The van der Waals surface area contributed by atoms with Crippen molar-refractivity contribution in [1.29, 1.82) is 0 Å². The Bertz CT molecular complexity index is 472. The average molecular weight is 253 g/mol. The summed E-state index contributed by atoms with van der Waals surface area (Å²) in [5, 5.41) is 13.4. The fraction of sp³-hybridized carbons (Fsp3) is 0.500. The van der Waals surface area contributed by atoms with Crippen LogP contribution in [0.1, 0.15) is 19.8 Å². The lowest BCUT2D eigenvalue weighted by atomic mass is 9.97. The maximum atomic E-state index is 13.6. The number of nitrogens with zero attached hydrogens (tertiary/aromatic N) is 1. The Morgan fingerprint density at radius 3 is 2.78 bits per heavy atom. The lowest BCUT2D eigenvalue weighted by molar-refractivity contribution is -0.385. The van der Waals surface area contributed by atoms with Crippen LogP contribution in [0.2, 0.25) is 0 Å². The molecule has 1 atom stereocenters. The van der Waals surface area contributed by atoms with Crippen LogP contribution < -0.4 is 11.1 Å². The van der Waals surface area contributed by atoms with Gasteiger partial charge in [-0.2, -0.15) is 0 Å². The van der Waals surface area contributed by atoms with Gasteiger partial charge in [0.1, 0.15) is 0 Å². The van der Waals surface area contributed by atoms with Crippen LogP contribution in [0, 0.1) is 21.8 Å². The molecule has 1 saturated carbocycles. The van der Waals surface area contributed by atoms with Gasteiger partial charge in [0.05, 0.1) is 16.7 Å². The lowest BCUT2D eigenvalue weighted by Crippen LogP contribution is -2.45. The van der Waals surface area contributed by atoms with E-state index in [1.165, 1.54) is 12.1 Å². The van der Waals surface area contributed by atoms with Crippen molar-refractivity contribution < 1.29 is 9.31 Å². The zero-order valence-electron chi connectivity index (χ0n) is 10.1. The summed E-state index contributed by atoms with van der Waals surface area (Å²) in [6, 6.07) is 3.56.